The molecule has 0 aromatic heterocycles. The predicted octanol–water partition coefficient (Wildman–Crippen LogP) is 2.64. The maximum atomic E-state index is 11.9. The highest BCUT2D eigenvalue weighted by atomic mass is 16.7. The highest BCUT2D eigenvalue weighted by Gasteiger charge is 2.45. The van der Waals surface area contributed by atoms with Gasteiger partial charge in [0.15, 0.2) is 0 Å². The van der Waals surface area contributed by atoms with Gasteiger partial charge in [0.25, 0.3) is 0 Å². The second-order valence-corrected chi connectivity index (χ2v) is 6.39. The molecular weight excluding hydrogens is 324 g/mol. The first-order valence-corrected chi connectivity index (χ1v) is 8.60. The lowest BCUT2D eigenvalue weighted by Crippen LogP contribution is -2.52. The second kappa shape index (κ2) is 6.52. The van der Waals surface area contributed by atoms with Crippen LogP contribution < -0.4 is 10.4 Å². The molecule has 0 heterocycles. The van der Waals surface area contributed by atoms with Crippen molar-refractivity contribution in [2.24, 2.45) is 5.92 Å². The van der Waals surface area contributed by atoms with Gasteiger partial charge in [-0.05, 0) is 26.8 Å². The Morgan fingerprint density at radius 3 is 2.35 bits per heavy atom. The molecule has 0 amide bonds. The van der Waals surface area contributed by atoms with Crippen LogP contribution in [-0.4, -0.2) is 26.3 Å². The zero-order valence-electron chi connectivity index (χ0n) is 14.8. The van der Waals surface area contributed by atoms with Gasteiger partial charge in [0.05, 0.1) is 5.92 Å². The van der Waals surface area contributed by atoms with E-state index in [0.29, 0.717) is 0 Å². The first-order chi connectivity index (χ1) is 12.7. The Morgan fingerprint density at radius 2 is 1.58 bits per heavy atom. The fourth-order valence-corrected chi connectivity index (χ4v) is 3.99. The number of hydrogen-bond acceptors (Lipinski definition) is 3. The number of benzene rings is 3. The molecule has 3 nitrogen and oxygen atoms in total. The van der Waals surface area contributed by atoms with Crippen LogP contribution in [0.1, 0.15) is 5.56 Å². The molecule has 0 aliphatic heterocycles. The van der Waals surface area contributed by atoms with Gasteiger partial charge in [-0.3, -0.25) is 0 Å². The number of methoxy groups -OCH3 is 2. The van der Waals surface area contributed by atoms with Crippen LogP contribution in [0.2, 0.25) is 0 Å². The van der Waals surface area contributed by atoms with Crippen LogP contribution in [0, 0.1) is 5.92 Å². The van der Waals surface area contributed by atoms with E-state index in [4.69, 9.17) is 9.47 Å². The van der Waals surface area contributed by atoms with Crippen molar-refractivity contribution in [1.29, 1.82) is 0 Å². The summed E-state index contributed by atoms with van der Waals surface area (Å²) < 4.78 is 11.8. The van der Waals surface area contributed by atoms with Gasteiger partial charge in [-0.25, -0.2) is 0 Å². The van der Waals surface area contributed by atoms with Gasteiger partial charge in [0, 0.05) is 19.8 Å². The standard InChI is InChI=1S/C23H20O3/c1-25-23(26-2)18(15-24)14-17-9-4-6-12-20(17)22(23)21-13-7-10-16-8-3-5-11-19(16)21/h3-15,18H,1-2H3. The summed E-state index contributed by atoms with van der Waals surface area (Å²) in [5, 5.41) is 4.26. The molecule has 0 saturated heterocycles. The lowest BCUT2D eigenvalue weighted by atomic mass is 9.80. The van der Waals surface area contributed by atoms with Crippen LogP contribution in [0.25, 0.3) is 22.4 Å². The molecule has 26 heavy (non-hydrogen) atoms. The molecule has 3 aromatic rings. The molecule has 0 spiro atoms. The summed E-state index contributed by atoms with van der Waals surface area (Å²) in [7, 11) is 3.18. The Hall–Kier alpha value is -2.75. The maximum absolute atomic E-state index is 11.9. The molecule has 1 atom stereocenters. The predicted molar refractivity (Wildman–Crippen MR) is 103 cm³/mol. The van der Waals surface area contributed by atoms with Crippen LogP contribution in [-0.2, 0) is 14.3 Å². The zero-order chi connectivity index (χ0) is 18.1. The third kappa shape index (κ3) is 2.32. The summed E-state index contributed by atoms with van der Waals surface area (Å²) in [4.78, 5) is 11.9. The van der Waals surface area contributed by atoms with Crippen LogP contribution in [0.15, 0.2) is 66.7 Å². The van der Waals surface area contributed by atoms with E-state index >= 15 is 0 Å². The first kappa shape index (κ1) is 16.7. The third-order valence-corrected chi connectivity index (χ3v) is 5.19. The molecule has 1 aliphatic rings. The number of hydrogen-bond donors (Lipinski definition) is 0. The molecule has 4 rings (SSSR count). The Balaban J connectivity index is 2.21. The van der Waals surface area contributed by atoms with Crippen molar-refractivity contribution in [3.8, 4) is 0 Å². The van der Waals surface area contributed by atoms with Crippen LogP contribution in [0.4, 0.5) is 0 Å². The Labute approximate surface area is 152 Å². The van der Waals surface area contributed by atoms with Crippen LogP contribution >= 0.6 is 0 Å². The largest absolute Gasteiger partial charge is 0.348 e. The zero-order valence-corrected chi connectivity index (χ0v) is 14.8. The number of carbonyl (C=O) groups excluding carboxylic acids is 1. The molecule has 0 N–H and O–H groups in total. The summed E-state index contributed by atoms with van der Waals surface area (Å²) in [5.74, 6) is -1.71. The van der Waals surface area contributed by atoms with Crippen molar-refractivity contribution in [3.63, 3.8) is 0 Å². The minimum Gasteiger partial charge on any atom is -0.348 e. The fraction of sp³-hybridized carbons (Fsp3) is 0.174. The van der Waals surface area contributed by atoms with E-state index in [2.05, 4.69) is 30.3 Å². The molecule has 0 fully saturated rings. The maximum Gasteiger partial charge on any atom is 0.208 e. The number of aldehydes is 1. The first-order valence-electron chi connectivity index (χ1n) is 8.60. The molecule has 130 valence electrons. The van der Waals surface area contributed by atoms with Crippen molar-refractivity contribution in [2.75, 3.05) is 14.2 Å². The van der Waals surface area contributed by atoms with E-state index in [9.17, 15) is 4.79 Å². The Kier molecular flexibility index (Phi) is 4.19. The van der Waals surface area contributed by atoms with Crippen LogP contribution in [0.5, 0.6) is 0 Å². The van der Waals surface area contributed by atoms with Gasteiger partial charge in [-0.15, -0.1) is 0 Å². The average molecular weight is 344 g/mol. The van der Waals surface area contributed by atoms with E-state index < -0.39 is 11.7 Å². The third-order valence-electron chi connectivity index (χ3n) is 5.19. The van der Waals surface area contributed by atoms with E-state index in [1.807, 2.05) is 42.5 Å². The fourth-order valence-electron chi connectivity index (χ4n) is 3.99. The number of rotatable bonds is 4. The van der Waals surface area contributed by atoms with Crippen molar-refractivity contribution < 1.29 is 14.3 Å². The van der Waals surface area contributed by atoms with Crippen molar-refractivity contribution in [2.45, 2.75) is 5.79 Å². The molecule has 1 aliphatic carbocycles. The summed E-state index contributed by atoms with van der Waals surface area (Å²) in [6.07, 6.45) is 2.82. The quantitative estimate of drug-likeness (QED) is 0.539. The molecule has 0 radical (unpaired) electrons. The van der Waals surface area contributed by atoms with E-state index in [0.717, 1.165) is 38.6 Å². The topological polar surface area (TPSA) is 35.5 Å². The monoisotopic (exact) mass is 344 g/mol. The van der Waals surface area contributed by atoms with Gasteiger partial charge >= 0.3 is 0 Å². The second-order valence-electron chi connectivity index (χ2n) is 6.39. The van der Waals surface area contributed by atoms with Crippen molar-refractivity contribution >= 4 is 28.7 Å². The molecule has 0 saturated carbocycles. The molecule has 3 aromatic carbocycles. The lowest BCUT2D eigenvalue weighted by molar-refractivity contribution is -0.182. The highest BCUT2D eigenvalue weighted by Crippen LogP contribution is 2.39. The van der Waals surface area contributed by atoms with Crippen LogP contribution in [0.3, 0.4) is 0 Å². The smallest absolute Gasteiger partial charge is 0.208 e. The minimum atomic E-state index is -1.17. The average Bonchev–Trinajstić information content (AvgIpc) is 2.71. The lowest BCUT2D eigenvalue weighted by Gasteiger charge is -2.39. The Morgan fingerprint density at radius 1 is 0.885 bits per heavy atom. The summed E-state index contributed by atoms with van der Waals surface area (Å²) in [5.41, 5.74) is 1.90. The molecular formula is C23H20O3. The minimum absolute atomic E-state index is 0.540. The molecule has 0 bridgehead atoms. The normalized spacial score (nSPS) is 18.2. The summed E-state index contributed by atoms with van der Waals surface area (Å²) in [6, 6.07) is 22.4. The van der Waals surface area contributed by atoms with E-state index in [1.165, 1.54) is 0 Å². The summed E-state index contributed by atoms with van der Waals surface area (Å²) >= 11 is 0. The summed E-state index contributed by atoms with van der Waals surface area (Å²) in [6.45, 7) is 0. The molecule has 1 unspecified atom stereocenters. The highest BCUT2D eigenvalue weighted by molar-refractivity contribution is 5.96. The number of fused-ring (bicyclic) bond motifs is 2. The number of ether oxygens (including phenoxy) is 2. The molecule has 3 heteroatoms. The Bertz CT molecular complexity index is 1090. The van der Waals surface area contributed by atoms with E-state index in [1.54, 1.807) is 14.2 Å². The van der Waals surface area contributed by atoms with Gasteiger partial charge in [0.1, 0.15) is 6.29 Å². The SMILES string of the molecule is COC1(OC)C(c2cccc3ccccc23)=c2ccccc2=CC1C=O. The van der Waals surface area contributed by atoms with Gasteiger partial charge < -0.3 is 14.3 Å². The van der Waals surface area contributed by atoms with Gasteiger partial charge in [-0.1, -0.05) is 72.8 Å². The van der Waals surface area contributed by atoms with Crippen molar-refractivity contribution in [1.82, 2.24) is 0 Å². The van der Waals surface area contributed by atoms with E-state index in [-0.39, 0.29) is 0 Å². The van der Waals surface area contributed by atoms with Gasteiger partial charge in [-0.2, -0.15) is 0 Å². The number of carbonyl (C=O) groups is 1. The van der Waals surface area contributed by atoms with Crippen molar-refractivity contribution in [3.05, 3.63) is 82.7 Å². The van der Waals surface area contributed by atoms with Gasteiger partial charge in [0.2, 0.25) is 5.79 Å².